The fourth-order valence-corrected chi connectivity index (χ4v) is 2.27. The summed E-state index contributed by atoms with van der Waals surface area (Å²) in [7, 11) is 0. The summed E-state index contributed by atoms with van der Waals surface area (Å²) in [5.41, 5.74) is 1.26. The van der Waals surface area contributed by atoms with Crippen LogP contribution in [0.4, 0.5) is 5.69 Å². The molecule has 4 nitrogen and oxygen atoms in total. The van der Waals surface area contributed by atoms with Crippen molar-refractivity contribution in [2.24, 2.45) is 0 Å². The lowest BCUT2D eigenvalue weighted by Crippen LogP contribution is -2.26. The second-order valence-electron chi connectivity index (χ2n) is 4.34. The Morgan fingerprint density at radius 3 is 2.76 bits per heavy atom. The molecule has 2 rings (SSSR count). The molecule has 1 aliphatic rings. The first-order valence-electron chi connectivity index (χ1n) is 5.80. The summed E-state index contributed by atoms with van der Waals surface area (Å²) in [6.45, 7) is 5.76. The van der Waals surface area contributed by atoms with Crippen molar-refractivity contribution in [1.29, 1.82) is 0 Å². The topological polar surface area (TPSA) is 46.4 Å². The van der Waals surface area contributed by atoms with Gasteiger partial charge in [0, 0.05) is 24.7 Å². The van der Waals surface area contributed by atoms with Crippen LogP contribution in [0.25, 0.3) is 0 Å². The maximum Gasteiger partial charge on any atom is 0.269 e. The molecule has 1 atom stereocenters. The Labute approximate surface area is 101 Å². The highest BCUT2D eigenvalue weighted by molar-refractivity contribution is 5.32. The van der Waals surface area contributed by atoms with Crippen LogP contribution >= 0.6 is 0 Å². The summed E-state index contributed by atoms with van der Waals surface area (Å²) in [5.74, 6) is 0. The zero-order chi connectivity index (χ0) is 12.3. The number of benzene rings is 1. The number of nitro groups is 1. The Morgan fingerprint density at radius 1 is 1.47 bits per heavy atom. The number of rotatable bonds is 4. The molecule has 17 heavy (non-hydrogen) atoms. The molecule has 1 saturated heterocycles. The zero-order valence-electron chi connectivity index (χ0n) is 9.71. The van der Waals surface area contributed by atoms with Crippen molar-refractivity contribution in [2.75, 3.05) is 6.54 Å². The van der Waals surface area contributed by atoms with E-state index in [1.807, 2.05) is 18.2 Å². The third-order valence-corrected chi connectivity index (χ3v) is 3.22. The molecule has 0 amide bonds. The molecule has 1 aromatic carbocycles. The van der Waals surface area contributed by atoms with E-state index in [1.165, 1.54) is 6.42 Å². The quantitative estimate of drug-likeness (QED) is 0.455. The van der Waals surface area contributed by atoms with Gasteiger partial charge in [0.15, 0.2) is 0 Å². The summed E-state index contributed by atoms with van der Waals surface area (Å²) in [4.78, 5) is 12.5. The second kappa shape index (κ2) is 5.10. The molecule has 1 heterocycles. The fourth-order valence-electron chi connectivity index (χ4n) is 2.27. The lowest BCUT2D eigenvalue weighted by Gasteiger charge is -2.21. The van der Waals surface area contributed by atoms with E-state index in [2.05, 4.69) is 11.5 Å². The van der Waals surface area contributed by atoms with Crippen LogP contribution in [0.1, 0.15) is 18.4 Å². The molecule has 0 aromatic heterocycles. The summed E-state index contributed by atoms with van der Waals surface area (Å²) in [6.07, 6.45) is 4.35. The zero-order valence-corrected chi connectivity index (χ0v) is 9.71. The van der Waals surface area contributed by atoms with Crippen LogP contribution in [0.15, 0.2) is 36.9 Å². The first kappa shape index (κ1) is 11.8. The summed E-state index contributed by atoms with van der Waals surface area (Å²) in [5, 5.41) is 10.5. The molecule has 0 N–H and O–H groups in total. The van der Waals surface area contributed by atoms with Crippen molar-refractivity contribution in [3.63, 3.8) is 0 Å². The Kier molecular flexibility index (Phi) is 3.54. The SMILES string of the molecule is C=CC1CCCN1Cc1ccc([N+](=O)[O-])cc1. The van der Waals surface area contributed by atoms with Gasteiger partial charge in [-0.3, -0.25) is 15.0 Å². The number of hydrogen-bond acceptors (Lipinski definition) is 3. The van der Waals surface area contributed by atoms with E-state index >= 15 is 0 Å². The molecule has 90 valence electrons. The van der Waals surface area contributed by atoms with Crippen LogP contribution in [-0.2, 0) is 6.54 Å². The lowest BCUT2D eigenvalue weighted by molar-refractivity contribution is -0.384. The lowest BCUT2D eigenvalue weighted by atomic mass is 10.1. The first-order valence-corrected chi connectivity index (χ1v) is 5.80. The first-order chi connectivity index (χ1) is 8.20. The Morgan fingerprint density at radius 2 is 2.18 bits per heavy atom. The monoisotopic (exact) mass is 232 g/mol. The minimum absolute atomic E-state index is 0.149. The number of nitrogens with zero attached hydrogens (tertiary/aromatic N) is 2. The van der Waals surface area contributed by atoms with Gasteiger partial charge in [0.25, 0.3) is 5.69 Å². The van der Waals surface area contributed by atoms with Crippen LogP contribution in [0, 0.1) is 10.1 Å². The molecule has 0 saturated carbocycles. The van der Waals surface area contributed by atoms with Crippen LogP contribution in [-0.4, -0.2) is 22.4 Å². The molecule has 0 aliphatic carbocycles. The molecule has 0 bridgehead atoms. The van der Waals surface area contributed by atoms with Crippen molar-refractivity contribution in [1.82, 2.24) is 4.90 Å². The Bertz CT molecular complexity index is 414. The molecule has 1 aliphatic heterocycles. The number of hydrogen-bond donors (Lipinski definition) is 0. The second-order valence-corrected chi connectivity index (χ2v) is 4.34. The van der Waals surface area contributed by atoms with Crippen LogP contribution in [0.2, 0.25) is 0 Å². The molecular weight excluding hydrogens is 216 g/mol. The van der Waals surface area contributed by atoms with E-state index in [-0.39, 0.29) is 10.6 Å². The third kappa shape index (κ3) is 2.71. The molecule has 1 unspecified atom stereocenters. The van der Waals surface area contributed by atoms with Gasteiger partial charge < -0.3 is 0 Å². The number of likely N-dealkylation sites (tertiary alicyclic amines) is 1. The van der Waals surface area contributed by atoms with E-state index in [1.54, 1.807) is 12.1 Å². The summed E-state index contributed by atoms with van der Waals surface area (Å²) in [6, 6.07) is 7.24. The predicted octanol–water partition coefficient (Wildman–Crippen LogP) is 2.75. The highest BCUT2D eigenvalue weighted by Crippen LogP contribution is 2.21. The number of nitro benzene ring substituents is 1. The normalized spacial score (nSPS) is 20.4. The van der Waals surface area contributed by atoms with Crippen molar-refractivity contribution in [3.05, 3.63) is 52.6 Å². The molecule has 4 heteroatoms. The van der Waals surface area contributed by atoms with Gasteiger partial charge in [0.2, 0.25) is 0 Å². The Hall–Kier alpha value is -1.68. The van der Waals surface area contributed by atoms with E-state index in [4.69, 9.17) is 0 Å². The van der Waals surface area contributed by atoms with Crippen molar-refractivity contribution in [3.8, 4) is 0 Å². The van der Waals surface area contributed by atoms with Crippen LogP contribution in [0.3, 0.4) is 0 Å². The predicted molar refractivity (Wildman–Crippen MR) is 66.7 cm³/mol. The van der Waals surface area contributed by atoms with Gasteiger partial charge in [-0.25, -0.2) is 0 Å². The van der Waals surface area contributed by atoms with E-state index in [0.717, 1.165) is 25.1 Å². The molecule has 0 spiro atoms. The van der Waals surface area contributed by atoms with Gasteiger partial charge in [-0.05, 0) is 24.9 Å². The largest absolute Gasteiger partial charge is 0.293 e. The minimum atomic E-state index is -0.369. The summed E-state index contributed by atoms with van der Waals surface area (Å²) >= 11 is 0. The third-order valence-electron chi connectivity index (χ3n) is 3.22. The Balaban J connectivity index is 2.03. The highest BCUT2D eigenvalue weighted by atomic mass is 16.6. The minimum Gasteiger partial charge on any atom is -0.293 e. The van der Waals surface area contributed by atoms with E-state index in [9.17, 15) is 10.1 Å². The van der Waals surface area contributed by atoms with Gasteiger partial charge in [0.05, 0.1) is 4.92 Å². The molecule has 1 fully saturated rings. The van der Waals surface area contributed by atoms with Gasteiger partial charge in [-0.1, -0.05) is 18.2 Å². The standard InChI is InChI=1S/C13H16N2O2/c1-2-12-4-3-9-14(12)10-11-5-7-13(8-6-11)15(16)17/h2,5-8,12H,1,3-4,9-10H2. The average molecular weight is 232 g/mol. The fraction of sp³-hybridized carbons (Fsp3) is 0.385. The smallest absolute Gasteiger partial charge is 0.269 e. The number of non-ortho nitro benzene ring substituents is 1. The van der Waals surface area contributed by atoms with Gasteiger partial charge in [-0.15, -0.1) is 6.58 Å². The van der Waals surface area contributed by atoms with Crippen LogP contribution in [0.5, 0.6) is 0 Å². The van der Waals surface area contributed by atoms with Crippen molar-refractivity contribution < 1.29 is 4.92 Å². The van der Waals surface area contributed by atoms with Crippen molar-refractivity contribution >= 4 is 5.69 Å². The van der Waals surface area contributed by atoms with Crippen molar-refractivity contribution in [2.45, 2.75) is 25.4 Å². The highest BCUT2D eigenvalue weighted by Gasteiger charge is 2.21. The summed E-state index contributed by atoms with van der Waals surface area (Å²) < 4.78 is 0. The van der Waals surface area contributed by atoms with E-state index in [0.29, 0.717) is 6.04 Å². The maximum atomic E-state index is 10.5. The molecular formula is C13H16N2O2. The molecule has 1 aromatic rings. The van der Waals surface area contributed by atoms with Gasteiger partial charge >= 0.3 is 0 Å². The maximum absolute atomic E-state index is 10.5. The van der Waals surface area contributed by atoms with Gasteiger partial charge in [0.1, 0.15) is 0 Å². The average Bonchev–Trinajstić information content (AvgIpc) is 2.77. The van der Waals surface area contributed by atoms with E-state index < -0.39 is 0 Å². The molecule has 0 radical (unpaired) electrons. The van der Waals surface area contributed by atoms with Crippen LogP contribution < -0.4 is 0 Å². The van der Waals surface area contributed by atoms with Gasteiger partial charge in [-0.2, -0.15) is 0 Å².